The van der Waals surface area contributed by atoms with E-state index in [0.717, 1.165) is 28.3 Å². The highest BCUT2D eigenvalue weighted by Gasteiger charge is 2.17. The molecule has 4 rings (SSSR count). The van der Waals surface area contributed by atoms with Gasteiger partial charge in [-0.2, -0.15) is 10.2 Å². The molecule has 4 aromatic rings. The first kappa shape index (κ1) is 24.6. The largest absolute Gasteiger partial charge is 0.506 e. The number of nitrogens with one attached hydrogen (secondary N) is 2. The van der Waals surface area contributed by atoms with Gasteiger partial charge < -0.3 is 10.4 Å². The van der Waals surface area contributed by atoms with Crippen molar-refractivity contribution in [2.45, 2.75) is 20.4 Å². The topological polar surface area (TPSA) is 109 Å². The molecule has 0 radical (unpaired) electrons. The van der Waals surface area contributed by atoms with Gasteiger partial charge in [-0.1, -0.05) is 23.7 Å². The van der Waals surface area contributed by atoms with E-state index in [2.05, 4.69) is 20.9 Å². The number of aromatic hydroxyl groups is 1. The molecule has 8 nitrogen and oxygen atoms in total. The number of hydrogen-bond donors (Lipinski definition) is 3. The van der Waals surface area contributed by atoms with E-state index < -0.39 is 5.91 Å². The highest BCUT2D eigenvalue weighted by atomic mass is 35.5. The van der Waals surface area contributed by atoms with Crippen LogP contribution in [0.25, 0.3) is 10.4 Å². The van der Waals surface area contributed by atoms with Crippen LogP contribution in [0, 0.1) is 6.92 Å². The van der Waals surface area contributed by atoms with Crippen molar-refractivity contribution in [3.05, 3.63) is 79.6 Å². The Labute approximate surface area is 214 Å². The minimum atomic E-state index is -0.443. The summed E-state index contributed by atoms with van der Waals surface area (Å²) in [7, 11) is 1.84. The van der Waals surface area contributed by atoms with Crippen molar-refractivity contribution in [3.8, 4) is 16.2 Å². The highest BCUT2D eigenvalue weighted by molar-refractivity contribution is 7.16. The normalized spacial score (nSPS) is 11.5. The number of carbonyl (C=O) groups is 2. The van der Waals surface area contributed by atoms with Crippen LogP contribution in [0.5, 0.6) is 5.75 Å². The Morgan fingerprint density at radius 3 is 2.49 bits per heavy atom. The number of hydrogen-bond acceptors (Lipinski definition) is 7. The molecular formula is C24H22ClN5O3S2. The lowest BCUT2D eigenvalue weighted by Gasteiger charge is -2.03. The number of amides is 2. The molecule has 0 aliphatic rings. The lowest BCUT2D eigenvalue weighted by molar-refractivity contribution is 0.0949. The maximum absolute atomic E-state index is 12.6. The number of aromatic nitrogens is 2. The lowest BCUT2D eigenvalue weighted by Crippen LogP contribution is -2.22. The van der Waals surface area contributed by atoms with Crippen molar-refractivity contribution >= 4 is 51.8 Å². The standard InChI is InChI=1S/C24H22ClN5O3S2/c1-13-10-17(29-30(13)3)11-26-23(32)19-8-9-20(35-19)24(33)28-27-14(2)18-12-34-22(21(18)31)15-4-6-16(25)7-5-15/h4-10,12,31H,11H2,1-3H3,(H,26,32)(H,28,33)/b27-14+. The van der Waals surface area contributed by atoms with Gasteiger partial charge in [-0.15, -0.1) is 22.7 Å². The van der Waals surface area contributed by atoms with Crippen LogP contribution < -0.4 is 10.7 Å². The Morgan fingerprint density at radius 1 is 1.14 bits per heavy atom. The second kappa shape index (κ2) is 10.4. The maximum Gasteiger partial charge on any atom is 0.281 e. The molecule has 3 aromatic heterocycles. The van der Waals surface area contributed by atoms with Crippen LogP contribution in [0.1, 0.15) is 43.2 Å². The number of benzene rings is 1. The molecule has 0 aliphatic carbocycles. The molecule has 0 fully saturated rings. The third-order valence-electron chi connectivity index (χ3n) is 5.23. The second-order valence-electron chi connectivity index (χ2n) is 7.72. The van der Waals surface area contributed by atoms with Crippen molar-refractivity contribution in [2.24, 2.45) is 12.1 Å². The summed E-state index contributed by atoms with van der Waals surface area (Å²) in [5.74, 6) is -0.637. The fourth-order valence-electron chi connectivity index (χ4n) is 3.23. The van der Waals surface area contributed by atoms with Gasteiger partial charge in [0.15, 0.2) is 0 Å². The van der Waals surface area contributed by atoms with Gasteiger partial charge in [0.1, 0.15) is 5.75 Å². The first-order valence-electron chi connectivity index (χ1n) is 10.5. The fourth-order valence-corrected chi connectivity index (χ4v) is 5.18. The Kier molecular flexibility index (Phi) is 7.34. The van der Waals surface area contributed by atoms with Crippen molar-refractivity contribution in [3.63, 3.8) is 0 Å². The average Bonchev–Trinajstić information content (AvgIpc) is 3.56. The van der Waals surface area contributed by atoms with Crippen LogP contribution in [-0.4, -0.2) is 32.4 Å². The van der Waals surface area contributed by atoms with E-state index in [1.807, 2.05) is 32.2 Å². The zero-order valence-corrected chi connectivity index (χ0v) is 21.5. The van der Waals surface area contributed by atoms with Crippen molar-refractivity contribution in [1.29, 1.82) is 0 Å². The molecule has 2 amide bonds. The number of hydrazone groups is 1. The molecule has 3 heterocycles. The van der Waals surface area contributed by atoms with Gasteiger partial charge in [0.25, 0.3) is 11.8 Å². The summed E-state index contributed by atoms with van der Waals surface area (Å²) >= 11 is 8.38. The maximum atomic E-state index is 12.6. The van der Waals surface area contributed by atoms with E-state index in [9.17, 15) is 14.7 Å². The minimum Gasteiger partial charge on any atom is -0.506 e. The number of halogens is 1. The summed E-state index contributed by atoms with van der Waals surface area (Å²) in [6.07, 6.45) is 0. The molecular weight excluding hydrogens is 506 g/mol. The summed E-state index contributed by atoms with van der Waals surface area (Å²) in [6.45, 7) is 3.93. The third kappa shape index (κ3) is 5.61. The molecule has 0 saturated carbocycles. The first-order chi connectivity index (χ1) is 16.7. The van der Waals surface area contributed by atoms with Gasteiger partial charge >= 0.3 is 0 Å². The average molecular weight is 528 g/mol. The van der Waals surface area contributed by atoms with E-state index >= 15 is 0 Å². The first-order valence-corrected chi connectivity index (χ1v) is 12.6. The summed E-state index contributed by atoms with van der Waals surface area (Å²) in [5.41, 5.74) is 6.06. The minimum absolute atomic E-state index is 0.0889. The molecule has 1 aromatic carbocycles. The molecule has 0 saturated heterocycles. The second-order valence-corrected chi connectivity index (χ2v) is 10.1. The van der Waals surface area contributed by atoms with Gasteiger partial charge in [-0.3, -0.25) is 14.3 Å². The molecule has 0 atom stereocenters. The van der Waals surface area contributed by atoms with Gasteiger partial charge in [0, 0.05) is 23.1 Å². The van der Waals surface area contributed by atoms with Gasteiger partial charge in [0.2, 0.25) is 0 Å². The zero-order valence-electron chi connectivity index (χ0n) is 19.1. The summed E-state index contributed by atoms with van der Waals surface area (Å²) in [6, 6.07) is 12.2. The number of rotatable bonds is 7. The van der Waals surface area contributed by atoms with Gasteiger partial charge in [0.05, 0.1) is 38.1 Å². The Balaban J connectivity index is 1.38. The Bertz CT molecular complexity index is 1400. The van der Waals surface area contributed by atoms with E-state index in [0.29, 0.717) is 37.5 Å². The quantitative estimate of drug-likeness (QED) is 0.233. The van der Waals surface area contributed by atoms with E-state index in [1.165, 1.54) is 11.3 Å². The van der Waals surface area contributed by atoms with E-state index in [-0.39, 0.29) is 11.7 Å². The summed E-state index contributed by atoms with van der Waals surface area (Å²) in [4.78, 5) is 26.4. The van der Waals surface area contributed by atoms with Crippen LogP contribution >= 0.6 is 34.3 Å². The van der Waals surface area contributed by atoms with Gasteiger partial charge in [-0.25, -0.2) is 5.43 Å². The Morgan fingerprint density at radius 2 is 1.83 bits per heavy atom. The van der Waals surface area contributed by atoms with Crippen LogP contribution in [0.4, 0.5) is 0 Å². The van der Waals surface area contributed by atoms with Crippen molar-refractivity contribution in [1.82, 2.24) is 20.5 Å². The van der Waals surface area contributed by atoms with Crippen LogP contribution in [0.15, 0.2) is 52.9 Å². The molecule has 35 heavy (non-hydrogen) atoms. The van der Waals surface area contributed by atoms with Crippen LogP contribution in [0.2, 0.25) is 5.02 Å². The smallest absolute Gasteiger partial charge is 0.281 e. The van der Waals surface area contributed by atoms with Crippen molar-refractivity contribution < 1.29 is 14.7 Å². The van der Waals surface area contributed by atoms with Crippen LogP contribution in [-0.2, 0) is 13.6 Å². The zero-order chi connectivity index (χ0) is 25.1. The molecule has 11 heteroatoms. The monoisotopic (exact) mass is 527 g/mol. The molecule has 0 bridgehead atoms. The molecule has 180 valence electrons. The predicted molar refractivity (Wildman–Crippen MR) is 140 cm³/mol. The van der Waals surface area contributed by atoms with E-state index in [4.69, 9.17) is 11.6 Å². The molecule has 0 spiro atoms. The lowest BCUT2D eigenvalue weighted by atomic mass is 10.1. The number of thiophene rings is 2. The fraction of sp³-hybridized carbons (Fsp3) is 0.167. The van der Waals surface area contributed by atoms with Gasteiger partial charge in [-0.05, 0) is 49.7 Å². The highest BCUT2D eigenvalue weighted by Crippen LogP contribution is 2.39. The third-order valence-corrected chi connectivity index (χ3v) is 7.59. The number of carbonyl (C=O) groups excluding carboxylic acids is 2. The van der Waals surface area contributed by atoms with E-state index in [1.54, 1.807) is 41.3 Å². The number of aryl methyl sites for hydroxylation is 2. The molecule has 3 N–H and O–H groups in total. The Hall–Kier alpha value is -3.47. The van der Waals surface area contributed by atoms with Crippen LogP contribution in [0.3, 0.4) is 0 Å². The SMILES string of the molecule is C/C(=N\NC(=O)c1ccc(C(=O)NCc2cc(C)n(C)n2)s1)c1csc(-c2ccc(Cl)cc2)c1O. The summed E-state index contributed by atoms with van der Waals surface area (Å²) in [5, 5.41) is 24.3. The predicted octanol–water partition coefficient (Wildman–Crippen LogP) is 4.96. The molecule has 0 aliphatic heterocycles. The molecule has 0 unspecified atom stereocenters. The van der Waals surface area contributed by atoms with Crippen molar-refractivity contribution in [2.75, 3.05) is 0 Å². The number of nitrogens with zero attached hydrogens (tertiary/aromatic N) is 3. The summed E-state index contributed by atoms with van der Waals surface area (Å²) < 4.78 is 1.74.